The van der Waals surface area contributed by atoms with Crippen LogP contribution in [0.25, 0.3) is 21.5 Å². The molecule has 0 bridgehead atoms. The van der Waals surface area contributed by atoms with Gasteiger partial charge in [0, 0.05) is 5.33 Å². The second kappa shape index (κ2) is 11.7. The summed E-state index contributed by atoms with van der Waals surface area (Å²) in [6.45, 7) is 0.733. The first-order valence-electron chi connectivity index (χ1n) is 12.8. The summed E-state index contributed by atoms with van der Waals surface area (Å²) in [5, 5.41) is 6.68. The molecular formula is C33H33BrO. The zero-order valence-electron chi connectivity index (χ0n) is 20.3. The highest BCUT2D eigenvalue weighted by Crippen LogP contribution is 2.41. The summed E-state index contributed by atoms with van der Waals surface area (Å²) in [6, 6.07) is 27.5. The van der Waals surface area contributed by atoms with E-state index < -0.39 is 0 Å². The van der Waals surface area contributed by atoms with Crippen LogP contribution in [0.3, 0.4) is 0 Å². The first-order chi connectivity index (χ1) is 17.3. The van der Waals surface area contributed by atoms with Crippen molar-refractivity contribution in [3.63, 3.8) is 0 Å². The summed E-state index contributed by atoms with van der Waals surface area (Å²) in [4.78, 5) is 0. The summed E-state index contributed by atoms with van der Waals surface area (Å²) in [7, 11) is 0. The van der Waals surface area contributed by atoms with Crippen LogP contribution in [-0.2, 0) is 24.0 Å². The van der Waals surface area contributed by atoms with Crippen molar-refractivity contribution in [1.29, 1.82) is 0 Å². The number of fused-ring (bicyclic) bond motifs is 5. The second-order valence-electron chi connectivity index (χ2n) is 9.49. The summed E-state index contributed by atoms with van der Waals surface area (Å²) in [5.41, 5.74) is 6.11. The fourth-order valence-corrected chi connectivity index (χ4v) is 5.96. The Morgan fingerprint density at radius 2 is 1.57 bits per heavy atom. The predicted octanol–water partition coefficient (Wildman–Crippen LogP) is 9.07. The molecule has 0 amide bonds. The van der Waals surface area contributed by atoms with Crippen molar-refractivity contribution < 1.29 is 4.74 Å². The molecule has 0 saturated carbocycles. The lowest BCUT2D eigenvalue weighted by Gasteiger charge is -2.28. The first-order valence-corrected chi connectivity index (χ1v) is 14.0. The minimum atomic E-state index is 0.672. The van der Waals surface area contributed by atoms with E-state index in [2.05, 4.69) is 88.7 Å². The van der Waals surface area contributed by atoms with E-state index in [4.69, 9.17) is 4.74 Å². The Balaban J connectivity index is 0.000000371. The molecule has 0 aromatic heterocycles. The highest BCUT2D eigenvalue weighted by atomic mass is 79.9. The normalized spacial score (nSPS) is 16.4. The number of halogens is 1. The molecule has 1 unspecified atom stereocenters. The van der Waals surface area contributed by atoms with Crippen LogP contribution >= 0.6 is 15.9 Å². The molecule has 178 valence electrons. The van der Waals surface area contributed by atoms with E-state index in [-0.39, 0.29) is 0 Å². The van der Waals surface area contributed by atoms with Gasteiger partial charge >= 0.3 is 0 Å². The lowest BCUT2D eigenvalue weighted by atomic mass is 9.77. The van der Waals surface area contributed by atoms with Crippen molar-refractivity contribution in [2.45, 2.75) is 44.4 Å². The number of hydrogen-bond donors (Lipinski definition) is 0. The van der Waals surface area contributed by atoms with E-state index in [1.807, 2.05) is 18.2 Å². The summed E-state index contributed by atoms with van der Waals surface area (Å²) in [6.07, 6.45) is 14.9. The molecule has 0 fully saturated rings. The van der Waals surface area contributed by atoms with Gasteiger partial charge in [0.1, 0.15) is 6.61 Å². The quantitative estimate of drug-likeness (QED) is 0.187. The van der Waals surface area contributed by atoms with E-state index in [1.165, 1.54) is 64.8 Å². The van der Waals surface area contributed by atoms with Crippen molar-refractivity contribution in [1.82, 2.24) is 0 Å². The highest BCUT2D eigenvalue weighted by Gasteiger charge is 2.22. The van der Waals surface area contributed by atoms with Crippen LogP contribution in [0.2, 0.25) is 0 Å². The highest BCUT2D eigenvalue weighted by molar-refractivity contribution is 9.09. The van der Waals surface area contributed by atoms with Crippen LogP contribution in [0.4, 0.5) is 0 Å². The topological polar surface area (TPSA) is 9.23 Å². The molecule has 0 saturated heterocycles. The Morgan fingerprint density at radius 1 is 0.771 bits per heavy atom. The van der Waals surface area contributed by atoms with Crippen molar-refractivity contribution in [3.05, 3.63) is 120 Å². The van der Waals surface area contributed by atoms with Gasteiger partial charge in [0.2, 0.25) is 0 Å². The van der Waals surface area contributed by atoms with Crippen LogP contribution in [0.1, 0.15) is 47.4 Å². The lowest BCUT2D eigenvalue weighted by molar-refractivity contribution is 0.286. The van der Waals surface area contributed by atoms with Gasteiger partial charge in [0.05, 0.1) is 6.26 Å². The zero-order valence-corrected chi connectivity index (χ0v) is 21.8. The van der Waals surface area contributed by atoms with E-state index in [1.54, 1.807) is 17.4 Å². The molecule has 2 heteroatoms. The van der Waals surface area contributed by atoms with Crippen LogP contribution in [0, 0.1) is 0 Å². The smallest absolute Gasteiger partial charge is 0.106 e. The third-order valence-corrected chi connectivity index (χ3v) is 7.66. The molecule has 0 radical (unpaired) electrons. The molecule has 2 aliphatic rings. The molecule has 1 heterocycles. The zero-order chi connectivity index (χ0) is 23.9. The second-order valence-corrected chi connectivity index (χ2v) is 10.3. The number of alkyl halides is 1. The molecular weight excluding hydrogens is 492 g/mol. The number of ether oxygens (including phenoxy) is 1. The summed E-state index contributed by atoms with van der Waals surface area (Å²) in [5.74, 6) is 0.672. The van der Waals surface area contributed by atoms with E-state index in [0.717, 1.165) is 18.4 Å². The van der Waals surface area contributed by atoms with Crippen molar-refractivity contribution in [2.75, 3.05) is 11.9 Å². The Kier molecular flexibility index (Phi) is 8.00. The van der Waals surface area contributed by atoms with Crippen LogP contribution in [0.5, 0.6) is 0 Å². The van der Waals surface area contributed by atoms with Crippen molar-refractivity contribution >= 4 is 37.5 Å². The van der Waals surface area contributed by atoms with Gasteiger partial charge in [-0.25, -0.2) is 0 Å². The van der Waals surface area contributed by atoms with Crippen LogP contribution in [0.15, 0.2) is 97.3 Å². The summed E-state index contributed by atoms with van der Waals surface area (Å²) >= 11 is 3.54. The van der Waals surface area contributed by atoms with Crippen molar-refractivity contribution in [3.8, 4) is 0 Å². The molecule has 4 aromatic carbocycles. The van der Waals surface area contributed by atoms with Crippen LogP contribution in [-0.4, -0.2) is 11.9 Å². The standard InChI is InChI=1S/C28H27Br.C5H6O/c29-19-18-21-10-8-20(9-11-21)12-13-23-5-3-6-24-15-16-26-25-7-2-1-4-22(25)14-17-27(26)28(23)24;1-2-4-6-5-3-1/h1-2,4,7-11,14-17,23H,3,5-6,12-13,18-19H2;1-4H,5H2. The number of hydrogen-bond acceptors (Lipinski definition) is 1. The SMILES string of the molecule is BrCCc1ccc(CCC2CCCc3ccc4c(ccc5ccccc54)c32)cc1.C1=CCOC=C1. The van der Waals surface area contributed by atoms with Gasteiger partial charge in [0.25, 0.3) is 0 Å². The van der Waals surface area contributed by atoms with Gasteiger partial charge in [-0.3, -0.25) is 0 Å². The van der Waals surface area contributed by atoms with E-state index in [9.17, 15) is 0 Å². The maximum absolute atomic E-state index is 4.80. The molecule has 35 heavy (non-hydrogen) atoms. The Bertz CT molecular complexity index is 1320. The monoisotopic (exact) mass is 524 g/mol. The van der Waals surface area contributed by atoms with E-state index in [0.29, 0.717) is 5.92 Å². The van der Waals surface area contributed by atoms with Gasteiger partial charge in [-0.15, -0.1) is 0 Å². The Hall–Kier alpha value is -2.84. The van der Waals surface area contributed by atoms with Crippen molar-refractivity contribution in [2.24, 2.45) is 0 Å². The van der Waals surface area contributed by atoms with E-state index >= 15 is 0 Å². The minimum Gasteiger partial charge on any atom is -0.497 e. The van der Waals surface area contributed by atoms with Crippen LogP contribution < -0.4 is 0 Å². The minimum absolute atomic E-state index is 0.672. The maximum atomic E-state index is 4.80. The molecule has 1 aliphatic carbocycles. The fraction of sp³-hybridized carbons (Fsp3) is 0.273. The predicted molar refractivity (Wildman–Crippen MR) is 154 cm³/mol. The average molecular weight is 526 g/mol. The number of rotatable bonds is 5. The van der Waals surface area contributed by atoms with Gasteiger partial charge < -0.3 is 4.74 Å². The van der Waals surface area contributed by atoms with Gasteiger partial charge in [-0.05, 0) is 100 Å². The van der Waals surface area contributed by atoms with Gasteiger partial charge in [-0.2, -0.15) is 0 Å². The molecule has 6 rings (SSSR count). The number of benzene rings is 4. The fourth-order valence-electron chi connectivity index (χ4n) is 5.50. The Labute approximate surface area is 217 Å². The average Bonchev–Trinajstić information content (AvgIpc) is 2.93. The third kappa shape index (κ3) is 5.70. The molecule has 4 aromatic rings. The number of aryl methyl sites for hydroxylation is 3. The molecule has 1 atom stereocenters. The molecule has 0 spiro atoms. The number of allylic oxidation sites excluding steroid dienone is 2. The molecule has 1 nitrogen and oxygen atoms in total. The maximum Gasteiger partial charge on any atom is 0.106 e. The lowest BCUT2D eigenvalue weighted by Crippen LogP contribution is -2.11. The molecule has 0 N–H and O–H groups in total. The van der Waals surface area contributed by atoms with Gasteiger partial charge in [-0.1, -0.05) is 94.8 Å². The molecule has 1 aliphatic heterocycles. The van der Waals surface area contributed by atoms with Gasteiger partial charge in [0.15, 0.2) is 0 Å². The first kappa shape index (κ1) is 23.9. The summed E-state index contributed by atoms with van der Waals surface area (Å²) < 4.78 is 4.80. The Morgan fingerprint density at radius 3 is 2.29 bits per heavy atom. The largest absolute Gasteiger partial charge is 0.497 e. The third-order valence-electron chi connectivity index (χ3n) is 7.27.